The summed E-state index contributed by atoms with van der Waals surface area (Å²) in [5.74, 6) is -0.620. The Hall–Kier alpha value is -3.13. The molecule has 0 aliphatic heterocycles. The molecule has 2 N–H and O–H groups in total. The van der Waals surface area contributed by atoms with E-state index < -0.39 is 11.6 Å². The van der Waals surface area contributed by atoms with Crippen LogP contribution >= 0.6 is 11.3 Å². The Morgan fingerprint density at radius 2 is 2.04 bits per heavy atom. The third kappa shape index (κ3) is 4.23. The van der Waals surface area contributed by atoms with Crippen molar-refractivity contribution in [2.75, 3.05) is 5.32 Å². The summed E-state index contributed by atoms with van der Waals surface area (Å²) >= 11 is 1.27. The van der Waals surface area contributed by atoms with E-state index in [9.17, 15) is 13.6 Å². The van der Waals surface area contributed by atoms with Gasteiger partial charge < -0.3 is 10.3 Å². The van der Waals surface area contributed by atoms with Crippen LogP contribution in [0, 0.1) is 11.6 Å². The number of carbonyl (C=O) groups excluding carboxylic acids is 1. The van der Waals surface area contributed by atoms with Gasteiger partial charge in [-0.3, -0.25) is 4.79 Å². The molecule has 0 fully saturated rings. The van der Waals surface area contributed by atoms with Gasteiger partial charge in [0.15, 0.2) is 5.13 Å². The smallest absolute Gasteiger partial charge is 0.226 e. The second kappa shape index (κ2) is 7.85. The molecule has 4 rings (SSSR count). The van der Waals surface area contributed by atoms with Gasteiger partial charge in [-0.25, -0.2) is 18.7 Å². The molecule has 5 nitrogen and oxygen atoms in total. The summed E-state index contributed by atoms with van der Waals surface area (Å²) < 4.78 is 26.7. The lowest BCUT2D eigenvalue weighted by molar-refractivity contribution is -0.116. The van der Waals surface area contributed by atoms with Crippen LogP contribution in [0.5, 0.6) is 0 Å². The number of aromatic amines is 1. The number of aryl methyl sites for hydroxylation is 1. The molecule has 8 heteroatoms. The first-order chi connectivity index (χ1) is 13.6. The minimum atomic E-state index is -0.608. The average molecular weight is 398 g/mol. The second-order valence-electron chi connectivity index (χ2n) is 6.29. The van der Waals surface area contributed by atoms with Crippen LogP contribution in [-0.2, 0) is 17.6 Å². The molecule has 0 saturated carbocycles. The van der Waals surface area contributed by atoms with E-state index in [4.69, 9.17) is 0 Å². The van der Waals surface area contributed by atoms with Crippen LogP contribution < -0.4 is 5.32 Å². The minimum Gasteiger partial charge on any atom is -0.342 e. The van der Waals surface area contributed by atoms with Gasteiger partial charge in [-0.05, 0) is 23.8 Å². The number of fused-ring (bicyclic) bond motifs is 1. The SMILES string of the molecule is O=C(CCc1nc2ccccc2[nH]1)Nc1ncc(Cc2ccc(F)cc2F)s1. The van der Waals surface area contributed by atoms with Crippen LogP contribution in [0.3, 0.4) is 0 Å². The Kier molecular flexibility index (Phi) is 5.12. The number of carbonyl (C=O) groups is 1. The van der Waals surface area contributed by atoms with E-state index >= 15 is 0 Å². The molecule has 0 atom stereocenters. The standard InChI is InChI=1S/C20H16F2N4OS/c21-13-6-5-12(15(22)10-13)9-14-11-23-20(28-14)26-19(27)8-7-18-24-16-3-1-2-4-17(16)25-18/h1-6,10-11H,7-9H2,(H,24,25)(H,23,26,27). The Balaban J connectivity index is 1.33. The topological polar surface area (TPSA) is 70.7 Å². The summed E-state index contributed by atoms with van der Waals surface area (Å²) in [4.78, 5) is 24.7. The predicted octanol–water partition coefficient (Wildman–Crippen LogP) is 4.46. The van der Waals surface area contributed by atoms with Crippen molar-refractivity contribution in [2.45, 2.75) is 19.3 Å². The number of amides is 1. The lowest BCUT2D eigenvalue weighted by atomic mass is 10.1. The summed E-state index contributed by atoms with van der Waals surface area (Å²) in [5.41, 5.74) is 2.19. The fourth-order valence-corrected chi connectivity index (χ4v) is 3.69. The van der Waals surface area contributed by atoms with Gasteiger partial charge >= 0.3 is 0 Å². The summed E-state index contributed by atoms with van der Waals surface area (Å²) in [7, 11) is 0. The Morgan fingerprint density at radius 3 is 2.86 bits per heavy atom. The average Bonchev–Trinajstić information content (AvgIpc) is 3.28. The molecule has 2 heterocycles. The van der Waals surface area contributed by atoms with Crippen molar-refractivity contribution in [3.63, 3.8) is 0 Å². The van der Waals surface area contributed by atoms with Gasteiger partial charge in [0.05, 0.1) is 11.0 Å². The maximum atomic E-state index is 13.8. The molecule has 1 amide bonds. The van der Waals surface area contributed by atoms with Gasteiger partial charge in [0.1, 0.15) is 17.5 Å². The van der Waals surface area contributed by atoms with E-state index in [1.807, 2.05) is 24.3 Å². The molecule has 4 aromatic rings. The monoisotopic (exact) mass is 398 g/mol. The van der Waals surface area contributed by atoms with Crippen molar-refractivity contribution < 1.29 is 13.6 Å². The van der Waals surface area contributed by atoms with Crippen LogP contribution in [0.15, 0.2) is 48.7 Å². The zero-order valence-corrected chi connectivity index (χ0v) is 15.5. The number of hydrogen-bond donors (Lipinski definition) is 2. The third-order valence-corrected chi connectivity index (χ3v) is 5.12. The van der Waals surface area contributed by atoms with E-state index in [1.54, 1.807) is 6.20 Å². The fraction of sp³-hybridized carbons (Fsp3) is 0.150. The number of nitrogens with one attached hydrogen (secondary N) is 2. The van der Waals surface area contributed by atoms with Gasteiger partial charge in [-0.1, -0.05) is 18.2 Å². The molecule has 2 aromatic carbocycles. The number of anilines is 1. The van der Waals surface area contributed by atoms with E-state index in [-0.39, 0.29) is 12.3 Å². The molecular weight excluding hydrogens is 382 g/mol. The van der Waals surface area contributed by atoms with Crippen molar-refractivity contribution in [1.29, 1.82) is 0 Å². The lowest BCUT2D eigenvalue weighted by Gasteiger charge is -2.01. The number of rotatable bonds is 6. The first-order valence-electron chi connectivity index (χ1n) is 8.69. The van der Waals surface area contributed by atoms with Crippen LogP contribution in [0.1, 0.15) is 22.7 Å². The van der Waals surface area contributed by atoms with E-state index in [0.717, 1.165) is 27.8 Å². The number of nitrogens with zero attached hydrogens (tertiary/aromatic N) is 2. The molecule has 0 aliphatic carbocycles. The highest BCUT2D eigenvalue weighted by atomic mass is 32.1. The number of benzene rings is 2. The zero-order chi connectivity index (χ0) is 19.5. The minimum absolute atomic E-state index is 0.172. The van der Waals surface area contributed by atoms with Gasteiger partial charge in [0.2, 0.25) is 5.91 Å². The summed E-state index contributed by atoms with van der Waals surface area (Å²) in [5, 5.41) is 3.20. The van der Waals surface area contributed by atoms with Crippen LogP contribution in [-0.4, -0.2) is 20.9 Å². The maximum absolute atomic E-state index is 13.8. The molecule has 0 spiro atoms. The predicted molar refractivity (Wildman–Crippen MR) is 104 cm³/mol. The number of thiazole rings is 1. The molecule has 142 valence electrons. The Bertz CT molecular complexity index is 1110. The molecule has 0 aliphatic rings. The van der Waals surface area contributed by atoms with Crippen molar-refractivity contribution in [2.24, 2.45) is 0 Å². The van der Waals surface area contributed by atoms with Crippen molar-refractivity contribution >= 4 is 33.4 Å². The molecule has 0 radical (unpaired) electrons. The summed E-state index contributed by atoms with van der Waals surface area (Å²) in [6.07, 6.45) is 2.63. The first kappa shape index (κ1) is 18.2. The lowest BCUT2D eigenvalue weighted by Crippen LogP contribution is -2.12. The van der Waals surface area contributed by atoms with Crippen molar-refractivity contribution in [3.05, 3.63) is 76.6 Å². The van der Waals surface area contributed by atoms with Crippen LogP contribution in [0.2, 0.25) is 0 Å². The quantitative estimate of drug-likeness (QED) is 0.504. The zero-order valence-electron chi connectivity index (χ0n) is 14.7. The Morgan fingerprint density at radius 1 is 1.18 bits per heavy atom. The number of aromatic nitrogens is 3. The molecule has 0 unspecified atom stereocenters. The number of imidazole rings is 1. The van der Waals surface area contributed by atoms with E-state index in [2.05, 4.69) is 20.3 Å². The molecular formula is C20H16F2N4OS. The summed E-state index contributed by atoms with van der Waals surface area (Å²) in [6, 6.07) is 11.2. The van der Waals surface area contributed by atoms with Gasteiger partial charge in [0.25, 0.3) is 0 Å². The highest BCUT2D eigenvalue weighted by Gasteiger charge is 2.11. The summed E-state index contributed by atoms with van der Waals surface area (Å²) in [6.45, 7) is 0. The number of halogens is 2. The van der Waals surface area contributed by atoms with Crippen LogP contribution in [0.25, 0.3) is 11.0 Å². The van der Waals surface area contributed by atoms with Gasteiger partial charge in [0, 0.05) is 36.4 Å². The van der Waals surface area contributed by atoms with E-state index in [0.29, 0.717) is 23.5 Å². The van der Waals surface area contributed by atoms with E-state index in [1.165, 1.54) is 23.5 Å². The molecule has 0 saturated heterocycles. The van der Waals surface area contributed by atoms with Crippen molar-refractivity contribution in [3.8, 4) is 0 Å². The van der Waals surface area contributed by atoms with Crippen LogP contribution in [0.4, 0.5) is 13.9 Å². The molecule has 28 heavy (non-hydrogen) atoms. The first-order valence-corrected chi connectivity index (χ1v) is 9.50. The Labute approximate surface area is 163 Å². The maximum Gasteiger partial charge on any atom is 0.226 e. The third-order valence-electron chi connectivity index (χ3n) is 4.21. The van der Waals surface area contributed by atoms with Gasteiger partial charge in [-0.2, -0.15) is 0 Å². The van der Waals surface area contributed by atoms with Crippen molar-refractivity contribution in [1.82, 2.24) is 15.0 Å². The number of para-hydroxylation sites is 2. The molecule has 2 aromatic heterocycles. The number of H-pyrrole nitrogens is 1. The van der Waals surface area contributed by atoms with Gasteiger partial charge in [-0.15, -0.1) is 11.3 Å². The highest BCUT2D eigenvalue weighted by molar-refractivity contribution is 7.15. The second-order valence-corrected chi connectivity index (χ2v) is 7.41. The molecule has 0 bridgehead atoms. The fourth-order valence-electron chi connectivity index (χ4n) is 2.84. The largest absolute Gasteiger partial charge is 0.342 e. The normalized spacial score (nSPS) is 11.1. The highest BCUT2D eigenvalue weighted by Crippen LogP contribution is 2.23. The number of hydrogen-bond acceptors (Lipinski definition) is 4.